The van der Waals surface area contributed by atoms with Gasteiger partial charge in [-0.25, -0.2) is 0 Å². The molecular weight excluding hydrogens is 600 g/mol. The van der Waals surface area contributed by atoms with Crippen LogP contribution in [0.3, 0.4) is 0 Å². The molecular formula is C30H15Br3. The largest absolute Gasteiger partial charge is 0.0616 e. The van der Waals surface area contributed by atoms with Crippen molar-refractivity contribution in [2.24, 2.45) is 0 Å². The van der Waals surface area contributed by atoms with Gasteiger partial charge in [0.05, 0.1) is 0 Å². The Bertz CT molecular complexity index is 1690. The van der Waals surface area contributed by atoms with Gasteiger partial charge in [-0.2, -0.15) is 0 Å². The maximum Gasteiger partial charge on any atom is 0.0260 e. The van der Waals surface area contributed by atoms with Gasteiger partial charge in [-0.05, 0) is 82.8 Å². The molecule has 0 aliphatic rings. The van der Waals surface area contributed by atoms with Crippen LogP contribution in [-0.4, -0.2) is 0 Å². The number of hydrogen-bond donors (Lipinski definition) is 0. The zero-order valence-corrected chi connectivity index (χ0v) is 22.1. The average Bonchev–Trinajstić information content (AvgIpc) is 2.84. The highest BCUT2D eigenvalue weighted by atomic mass is 79.9. The molecule has 0 saturated heterocycles. The number of halogens is 3. The second kappa shape index (κ2) is 7.27. The van der Waals surface area contributed by atoms with Crippen LogP contribution in [0.5, 0.6) is 0 Å². The molecule has 0 atom stereocenters. The smallest absolute Gasteiger partial charge is 0.0260 e. The van der Waals surface area contributed by atoms with Crippen LogP contribution in [0.15, 0.2) is 104 Å². The van der Waals surface area contributed by atoms with E-state index >= 15 is 0 Å². The van der Waals surface area contributed by atoms with Gasteiger partial charge in [-0.3, -0.25) is 0 Å². The van der Waals surface area contributed by atoms with Crippen molar-refractivity contribution in [2.75, 3.05) is 0 Å². The second-order valence-corrected chi connectivity index (χ2v) is 11.0. The summed E-state index contributed by atoms with van der Waals surface area (Å²) in [4.78, 5) is 0. The lowest BCUT2D eigenvalue weighted by molar-refractivity contribution is 1.74. The molecule has 0 aliphatic heterocycles. The van der Waals surface area contributed by atoms with Crippen LogP contribution in [0.2, 0.25) is 0 Å². The number of hydrogen-bond acceptors (Lipinski definition) is 0. The third-order valence-corrected chi connectivity index (χ3v) is 8.76. The highest BCUT2D eigenvalue weighted by Crippen LogP contribution is 2.48. The van der Waals surface area contributed by atoms with Gasteiger partial charge < -0.3 is 0 Å². The van der Waals surface area contributed by atoms with Crippen LogP contribution in [0, 0.1) is 0 Å². The van der Waals surface area contributed by atoms with Gasteiger partial charge >= 0.3 is 0 Å². The topological polar surface area (TPSA) is 0 Å². The molecule has 156 valence electrons. The van der Waals surface area contributed by atoms with Crippen molar-refractivity contribution in [3.05, 3.63) is 104 Å². The molecule has 0 fully saturated rings. The molecule has 0 aliphatic carbocycles. The fraction of sp³-hybridized carbons (Fsp3) is 0. The van der Waals surface area contributed by atoms with E-state index in [2.05, 4.69) is 139 Å². The Morgan fingerprint density at radius 2 is 0.545 bits per heavy atom. The van der Waals surface area contributed by atoms with Crippen LogP contribution < -0.4 is 0 Å². The van der Waals surface area contributed by atoms with Gasteiger partial charge in [-0.1, -0.05) is 121 Å². The fourth-order valence-electron chi connectivity index (χ4n) is 5.46. The lowest BCUT2D eigenvalue weighted by Gasteiger charge is -2.18. The minimum atomic E-state index is 1.12. The quantitative estimate of drug-likeness (QED) is 0.149. The van der Waals surface area contributed by atoms with Crippen LogP contribution >= 0.6 is 47.8 Å². The molecule has 0 bridgehead atoms. The normalized spacial score (nSPS) is 12.1. The molecule has 0 heterocycles. The molecule has 7 aromatic rings. The highest BCUT2D eigenvalue weighted by molar-refractivity contribution is 9.11. The van der Waals surface area contributed by atoms with E-state index < -0.39 is 0 Å². The first kappa shape index (κ1) is 20.0. The molecule has 3 heteroatoms. The lowest BCUT2D eigenvalue weighted by Crippen LogP contribution is -1.90. The Kier molecular flexibility index (Phi) is 4.40. The predicted octanol–water partition coefficient (Wildman–Crippen LogP) is 10.9. The number of fused-ring (bicyclic) bond motifs is 12. The molecule has 0 aromatic heterocycles. The Morgan fingerprint density at radius 1 is 0.303 bits per heavy atom. The summed E-state index contributed by atoms with van der Waals surface area (Å²) >= 11 is 11.6. The highest BCUT2D eigenvalue weighted by Gasteiger charge is 2.19. The molecule has 0 saturated carbocycles. The SMILES string of the molecule is Brc1cc2c(c3ccccc13)c1cc(Br)c3ccccc3c1c1cc(Br)c3ccccc3c21. The van der Waals surface area contributed by atoms with E-state index in [0.29, 0.717) is 0 Å². The lowest BCUT2D eigenvalue weighted by atomic mass is 9.87. The van der Waals surface area contributed by atoms with Gasteiger partial charge in [0, 0.05) is 13.4 Å². The Hall–Kier alpha value is -2.46. The maximum absolute atomic E-state index is 3.88. The molecule has 0 nitrogen and oxygen atoms in total. The van der Waals surface area contributed by atoms with Gasteiger partial charge in [0.25, 0.3) is 0 Å². The average molecular weight is 615 g/mol. The molecule has 0 unspecified atom stereocenters. The minimum absolute atomic E-state index is 1.12. The number of benzene rings is 7. The Labute approximate surface area is 215 Å². The summed E-state index contributed by atoms with van der Waals surface area (Å²) < 4.78 is 3.37. The molecule has 0 spiro atoms. The van der Waals surface area contributed by atoms with Gasteiger partial charge in [0.2, 0.25) is 0 Å². The maximum atomic E-state index is 3.88. The van der Waals surface area contributed by atoms with E-state index in [0.717, 1.165) is 13.4 Å². The summed E-state index contributed by atoms with van der Waals surface area (Å²) in [7, 11) is 0. The zero-order valence-electron chi connectivity index (χ0n) is 17.3. The van der Waals surface area contributed by atoms with Crippen LogP contribution in [-0.2, 0) is 0 Å². The van der Waals surface area contributed by atoms with Gasteiger partial charge in [0.1, 0.15) is 0 Å². The molecule has 33 heavy (non-hydrogen) atoms. The first-order valence-corrected chi connectivity index (χ1v) is 13.2. The fourth-order valence-corrected chi connectivity index (χ4v) is 7.18. The molecule has 0 amide bonds. The van der Waals surface area contributed by atoms with Crippen molar-refractivity contribution in [1.82, 2.24) is 0 Å². The summed E-state index contributed by atoms with van der Waals surface area (Å²) in [6.07, 6.45) is 0. The second-order valence-electron chi connectivity index (χ2n) is 8.48. The van der Waals surface area contributed by atoms with Crippen molar-refractivity contribution < 1.29 is 0 Å². The predicted molar refractivity (Wildman–Crippen MR) is 155 cm³/mol. The van der Waals surface area contributed by atoms with Gasteiger partial charge in [0.15, 0.2) is 0 Å². The first-order chi connectivity index (χ1) is 16.1. The summed E-state index contributed by atoms with van der Waals surface area (Å²) in [5.74, 6) is 0. The van der Waals surface area contributed by atoms with E-state index in [-0.39, 0.29) is 0 Å². The Balaban J connectivity index is 1.97. The molecule has 7 rings (SSSR count). The first-order valence-electron chi connectivity index (χ1n) is 10.8. The van der Waals surface area contributed by atoms with Crippen molar-refractivity contribution in [3.8, 4) is 0 Å². The van der Waals surface area contributed by atoms with E-state index in [1.165, 1.54) is 64.6 Å². The molecule has 7 aromatic carbocycles. The van der Waals surface area contributed by atoms with Crippen LogP contribution in [0.25, 0.3) is 64.6 Å². The van der Waals surface area contributed by atoms with E-state index in [4.69, 9.17) is 0 Å². The molecule has 0 N–H and O–H groups in total. The third-order valence-electron chi connectivity index (χ3n) is 6.79. The third kappa shape index (κ3) is 2.73. The van der Waals surface area contributed by atoms with Crippen molar-refractivity contribution in [2.45, 2.75) is 0 Å². The van der Waals surface area contributed by atoms with Crippen molar-refractivity contribution in [1.29, 1.82) is 0 Å². The standard InChI is InChI=1S/C30H15Br3/c31-25-13-22-28(19-10-4-1-7-16(19)25)23-14-26(32)18-9-3-6-12-21(18)30(23)24-15-27(33)17-8-2-5-11-20(17)29(22)24/h1-15H. The van der Waals surface area contributed by atoms with E-state index in [9.17, 15) is 0 Å². The van der Waals surface area contributed by atoms with Crippen LogP contribution in [0.1, 0.15) is 0 Å². The summed E-state index contributed by atoms with van der Waals surface area (Å²) in [6.45, 7) is 0. The van der Waals surface area contributed by atoms with E-state index in [1.807, 2.05) is 0 Å². The monoisotopic (exact) mass is 612 g/mol. The van der Waals surface area contributed by atoms with Gasteiger partial charge in [-0.15, -0.1) is 0 Å². The summed E-state index contributed by atoms with van der Waals surface area (Å²) in [5, 5.41) is 15.2. The summed E-state index contributed by atoms with van der Waals surface area (Å²) in [5.41, 5.74) is 0. The minimum Gasteiger partial charge on any atom is -0.0616 e. The van der Waals surface area contributed by atoms with Crippen LogP contribution in [0.4, 0.5) is 0 Å². The van der Waals surface area contributed by atoms with Crippen molar-refractivity contribution in [3.63, 3.8) is 0 Å². The zero-order chi connectivity index (χ0) is 22.3. The van der Waals surface area contributed by atoms with E-state index in [1.54, 1.807) is 0 Å². The Morgan fingerprint density at radius 3 is 0.818 bits per heavy atom. The molecule has 0 radical (unpaired) electrons. The number of rotatable bonds is 0. The van der Waals surface area contributed by atoms with Crippen molar-refractivity contribution >= 4 is 112 Å². The summed E-state index contributed by atoms with van der Waals surface area (Å²) in [6, 6.07) is 33.0.